The number of carbonyl (C=O) groups is 1. The van der Waals surface area contributed by atoms with E-state index in [-0.39, 0.29) is 27.0 Å². The number of hydrogen-bond donors (Lipinski definition) is 1. The molecule has 5 heteroatoms. The Labute approximate surface area is 136 Å². The third-order valence-electron chi connectivity index (χ3n) is 3.42. The van der Waals surface area contributed by atoms with Crippen molar-refractivity contribution in [3.63, 3.8) is 0 Å². The summed E-state index contributed by atoms with van der Waals surface area (Å²) in [4.78, 5) is 12.6. The second-order valence-electron chi connectivity index (χ2n) is 6.59. The fourth-order valence-corrected chi connectivity index (χ4v) is 2.58. The standard InChI is InChI=1S/C17H26O4.H3P/c1-11(10-17(2,3)4)15(18)16(19)14-12(20-5)8-7-9-13(14)21-6;/h7-9,11,15,18H,10H2,1-6H3;1H3. The average Bonchev–Trinajstić information content (AvgIpc) is 2.42. The zero-order valence-corrected chi connectivity index (χ0v) is 15.9. The van der Waals surface area contributed by atoms with E-state index in [9.17, 15) is 9.90 Å². The molecule has 0 saturated heterocycles. The summed E-state index contributed by atoms with van der Waals surface area (Å²) in [6, 6.07) is 5.13. The van der Waals surface area contributed by atoms with E-state index in [1.807, 2.05) is 6.92 Å². The van der Waals surface area contributed by atoms with Gasteiger partial charge in [0.15, 0.2) is 5.78 Å². The number of aliphatic hydroxyl groups excluding tert-OH is 1. The van der Waals surface area contributed by atoms with Crippen molar-refractivity contribution in [3.05, 3.63) is 23.8 Å². The highest BCUT2D eigenvalue weighted by Gasteiger charge is 2.30. The highest BCUT2D eigenvalue weighted by atomic mass is 31.0. The minimum atomic E-state index is -1.07. The summed E-state index contributed by atoms with van der Waals surface area (Å²) in [5, 5.41) is 10.4. The lowest BCUT2D eigenvalue weighted by Gasteiger charge is -2.26. The number of rotatable bonds is 6. The van der Waals surface area contributed by atoms with E-state index in [1.165, 1.54) is 14.2 Å². The molecule has 0 aliphatic carbocycles. The lowest BCUT2D eigenvalue weighted by atomic mass is 9.81. The van der Waals surface area contributed by atoms with Crippen molar-refractivity contribution in [1.29, 1.82) is 0 Å². The predicted octanol–water partition coefficient (Wildman–Crippen LogP) is 3.38. The van der Waals surface area contributed by atoms with Crippen LogP contribution in [0.2, 0.25) is 0 Å². The van der Waals surface area contributed by atoms with Crippen LogP contribution in [0.1, 0.15) is 44.5 Å². The first kappa shape index (κ1) is 20.9. The van der Waals surface area contributed by atoms with Crippen molar-refractivity contribution in [1.82, 2.24) is 0 Å². The first-order chi connectivity index (χ1) is 9.71. The van der Waals surface area contributed by atoms with Crippen LogP contribution < -0.4 is 9.47 Å². The summed E-state index contributed by atoms with van der Waals surface area (Å²) in [7, 11) is 2.99. The maximum Gasteiger partial charge on any atom is 0.199 e. The van der Waals surface area contributed by atoms with Crippen molar-refractivity contribution in [2.24, 2.45) is 11.3 Å². The van der Waals surface area contributed by atoms with Gasteiger partial charge >= 0.3 is 0 Å². The van der Waals surface area contributed by atoms with Crippen LogP contribution in [0.25, 0.3) is 0 Å². The predicted molar refractivity (Wildman–Crippen MR) is 94.2 cm³/mol. The van der Waals surface area contributed by atoms with Gasteiger partial charge in [0, 0.05) is 0 Å². The van der Waals surface area contributed by atoms with E-state index in [2.05, 4.69) is 20.8 Å². The molecule has 1 N–H and O–H groups in total. The molecule has 4 nitrogen and oxygen atoms in total. The summed E-state index contributed by atoms with van der Waals surface area (Å²) in [6.45, 7) is 8.15. The molecule has 0 spiro atoms. The maximum absolute atomic E-state index is 12.6. The van der Waals surface area contributed by atoms with E-state index >= 15 is 0 Å². The van der Waals surface area contributed by atoms with Crippen molar-refractivity contribution in [2.45, 2.75) is 40.2 Å². The number of Topliss-reactive ketones (excluding diaryl/α,β-unsaturated/α-hetero) is 1. The Morgan fingerprint density at radius 2 is 1.64 bits per heavy atom. The van der Waals surface area contributed by atoms with Crippen LogP contribution in [0.4, 0.5) is 0 Å². The van der Waals surface area contributed by atoms with Gasteiger partial charge < -0.3 is 14.6 Å². The summed E-state index contributed by atoms with van der Waals surface area (Å²) in [5.41, 5.74) is 0.349. The zero-order chi connectivity index (χ0) is 16.2. The fourth-order valence-electron chi connectivity index (χ4n) is 2.58. The normalized spacial score (nSPS) is 13.8. The van der Waals surface area contributed by atoms with Crippen molar-refractivity contribution in [3.8, 4) is 11.5 Å². The molecule has 0 saturated carbocycles. The monoisotopic (exact) mass is 328 g/mol. The molecule has 0 fully saturated rings. The lowest BCUT2D eigenvalue weighted by Crippen LogP contribution is -2.31. The SMILES string of the molecule is COc1cccc(OC)c1C(=O)C(O)C(C)CC(C)(C)C.P. The molecule has 0 aliphatic rings. The number of aliphatic hydroxyl groups is 1. The molecule has 3 unspecified atom stereocenters. The van der Waals surface area contributed by atoms with E-state index < -0.39 is 6.10 Å². The molecule has 0 radical (unpaired) electrons. The van der Waals surface area contributed by atoms with Gasteiger partial charge in [0.05, 0.1) is 14.2 Å². The molecule has 1 aromatic carbocycles. The maximum atomic E-state index is 12.6. The Kier molecular flexibility index (Phi) is 8.06. The van der Waals surface area contributed by atoms with E-state index in [0.717, 1.165) is 6.42 Å². The summed E-state index contributed by atoms with van der Waals surface area (Å²) >= 11 is 0. The summed E-state index contributed by atoms with van der Waals surface area (Å²) < 4.78 is 10.5. The number of hydrogen-bond acceptors (Lipinski definition) is 4. The topological polar surface area (TPSA) is 55.8 Å². The Bertz CT molecular complexity index is 472. The Balaban J connectivity index is 0.00000441. The molecule has 1 aromatic rings. The van der Waals surface area contributed by atoms with E-state index in [4.69, 9.17) is 9.47 Å². The largest absolute Gasteiger partial charge is 0.496 e. The van der Waals surface area contributed by atoms with Crippen LogP contribution in [0.5, 0.6) is 11.5 Å². The van der Waals surface area contributed by atoms with Crippen LogP contribution in [-0.4, -0.2) is 31.2 Å². The van der Waals surface area contributed by atoms with Crippen LogP contribution in [0.15, 0.2) is 18.2 Å². The van der Waals surface area contributed by atoms with Gasteiger partial charge in [0.25, 0.3) is 0 Å². The zero-order valence-electron chi connectivity index (χ0n) is 14.5. The van der Waals surface area contributed by atoms with Gasteiger partial charge in [-0.05, 0) is 29.9 Å². The lowest BCUT2D eigenvalue weighted by molar-refractivity contribution is 0.0555. The van der Waals surface area contributed by atoms with Crippen molar-refractivity contribution < 1.29 is 19.4 Å². The van der Waals surface area contributed by atoms with Gasteiger partial charge in [-0.3, -0.25) is 4.79 Å². The number of methoxy groups -OCH3 is 2. The second kappa shape index (κ2) is 8.50. The molecule has 0 aliphatic heterocycles. The highest BCUT2D eigenvalue weighted by Crippen LogP contribution is 2.33. The molecule has 0 aromatic heterocycles. The Morgan fingerprint density at radius 1 is 1.18 bits per heavy atom. The quantitative estimate of drug-likeness (QED) is 0.642. The molecular formula is C17H29O4P. The summed E-state index contributed by atoms with van der Waals surface area (Å²) in [6.07, 6.45) is -0.327. The van der Waals surface area contributed by atoms with Gasteiger partial charge in [-0.25, -0.2) is 0 Å². The third-order valence-corrected chi connectivity index (χ3v) is 3.42. The highest BCUT2D eigenvalue weighted by molar-refractivity contribution is 6.92. The molecule has 0 heterocycles. The van der Waals surface area contributed by atoms with Gasteiger partial charge in [0.1, 0.15) is 23.2 Å². The molecular weight excluding hydrogens is 299 g/mol. The van der Waals surface area contributed by atoms with Crippen molar-refractivity contribution >= 4 is 15.7 Å². The van der Waals surface area contributed by atoms with Gasteiger partial charge in [-0.15, -0.1) is 0 Å². The molecule has 22 heavy (non-hydrogen) atoms. The smallest absolute Gasteiger partial charge is 0.199 e. The number of ketones is 1. The third kappa shape index (κ3) is 5.26. The number of carbonyl (C=O) groups excluding carboxylic acids is 1. The molecule has 1 rings (SSSR count). The van der Waals surface area contributed by atoms with Crippen LogP contribution in [-0.2, 0) is 0 Å². The minimum Gasteiger partial charge on any atom is -0.496 e. The first-order valence-corrected chi connectivity index (χ1v) is 7.14. The summed E-state index contributed by atoms with van der Waals surface area (Å²) in [5.74, 6) is 0.330. The van der Waals surface area contributed by atoms with Gasteiger partial charge in [-0.1, -0.05) is 33.8 Å². The van der Waals surface area contributed by atoms with Crippen LogP contribution >= 0.6 is 9.90 Å². The van der Waals surface area contributed by atoms with Gasteiger partial charge in [0.2, 0.25) is 0 Å². The van der Waals surface area contributed by atoms with Crippen LogP contribution in [0.3, 0.4) is 0 Å². The van der Waals surface area contributed by atoms with E-state index in [1.54, 1.807) is 18.2 Å². The Hall–Kier alpha value is -1.12. The number of ether oxygens (including phenoxy) is 2. The van der Waals surface area contributed by atoms with E-state index in [0.29, 0.717) is 17.1 Å². The van der Waals surface area contributed by atoms with Gasteiger partial charge in [-0.2, -0.15) is 9.90 Å². The fraction of sp³-hybridized carbons (Fsp3) is 0.588. The van der Waals surface area contributed by atoms with Crippen molar-refractivity contribution in [2.75, 3.05) is 14.2 Å². The molecule has 0 amide bonds. The van der Waals surface area contributed by atoms with Crippen LogP contribution in [0, 0.1) is 11.3 Å². The average molecular weight is 328 g/mol. The molecule has 126 valence electrons. The molecule has 0 bridgehead atoms. The minimum absolute atomic E-state index is 0. The Morgan fingerprint density at radius 3 is 2.00 bits per heavy atom. The first-order valence-electron chi connectivity index (χ1n) is 7.14. The second-order valence-corrected chi connectivity index (χ2v) is 6.59. The molecule has 3 atom stereocenters. The number of benzene rings is 1.